The first-order valence-electron chi connectivity index (χ1n) is 11.7. The largest absolute Gasteiger partial charge is 0.352 e. The SMILES string of the molecule is C=C(CBr)C(=O)NCCCCCC(=O)N[C@H](C(=O)N[C@@H](CCCNC(N)=O)C(=O)CC)C(C)C. The van der Waals surface area contributed by atoms with Crippen LogP contribution < -0.4 is 27.0 Å². The summed E-state index contributed by atoms with van der Waals surface area (Å²) in [5.41, 5.74) is 5.49. The molecule has 11 heteroatoms. The molecule has 0 aliphatic rings. The van der Waals surface area contributed by atoms with Crippen molar-refractivity contribution in [2.45, 2.75) is 77.8 Å². The molecular formula is C23H40BrN5O5. The quantitative estimate of drug-likeness (QED) is 0.100. The average molecular weight is 547 g/mol. The molecule has 0 saturated carbocycles. The van der Waals surface area contributed by atoms with Crippen LogP contribution in [-0.2, 0) is 19.2 Å². The number of urea groups is 1. The van der Waals surface area contributed by atoms with Gasteiger partial charge >= 0.3 is 6.03 Å². The second kappa shape index (κ2) is 18.0. The molecule has 0 fully saturated rings. The highest BCUT2D eigenvalue weighted by molar-refractivity contribution is 9.09. The number of nitrogens with two attached hydrogens (primary N) is 1. The van der Waals surface area contributed by atoms with Crippen molar-refractivity contribution in [2.75, 3.05) is 18.4 Å². The summed E-state index contributed by atoms with van der Waals surface area (Å²) in [4.78, 5) is 59.9. The Kier molecular flexibility index (Phi) is 16.7. The van der Waals surface area contributed by atoms with Gasteiger partial charge in [0.25, 0.3) is 0 Å². The number of amides is 5. The topological polar surface area (TPSA) is 159 Å². The van der Waals surface area contributed by atoms with Crippen LogP contribution in [0.25, 0.3) is 0 Å². The monoisotopic (exact) mass is 545 g/mol. The predicted molar refractivity (Wildman–Crippen MR) is 135 cm³/mol. The molecule has 0 aromatic heterocycles. The highest BCUT2D eigenvalue weighted by Crippen LogP contribution is 2.08. The van der Waals surface area contributed by atoms with Crippen molar-refractivity contribution in [2.24, 2.45) is 11.7 Å². The van der Waals surface area contributed by atoms with Crippen LogP contribution in [-0.4, -0.2) is 60.0 Å². The minimum atomic E-state index is -0.766. The minimum Gasteiger partial charge on any atom is -0.352 e. The number of ketones is 1. The Hall–Kier alpha value is -2.43. The Balaban J connectivity index is 4.57. The van der Waals surface area contributed by atoms with Crippen molar-refractivity contribution in [3.05, 3.63) is 12.2 Å². The number of Topliss-reactive ketones (excluding diaryl/α,β-unsaturated/α-hetero) is 1. The first-order valence-corrected chi connectivity index (χ1v) is 12.8. The van der Waals surface area contributed by atoms with Gasteiger partial charge in [0, 0.05) is 36.8 Å². The number of primary amides is 1. The zero-order valence-corrected chi connectivity index (χ0v) is 22.1. The third kappa shape index (κ3) is 14.0. The molecule has 5 amide bonds. The van der Waals surface area contributed by atoms with Crippen molar-refractivity contribution < 1.29 is 24.0 Å². The van der Waals surface area contributed by atoms with E-state index in [9.17, 15) is 24.0 Å². The van der Waals surface area contributed by atoms with E-state index in [1.54, 1.807) is 6.92 Å². The van der Waals surface area contributed by atoms with Gasteiger partial charge in [0.1, 0.15) is 6.04 Å². The van der Waals surface area contributed by atoms with Gasteiger partial charge in [0.05, 0.1) is 6.04 Å². The normalized spacial score (nSPS) is 12.4. The Morgan fingerprint density at radius 1 is 0.941 bits per heavy atom. The maximum atomic E-state index is 12.8. The van der Waals surface area contributed by atoms with Gasteiger partial charge in [-0.05, 0) is 31.6 Å². The highest BCUT2D eigenvalue weighted by Gasteiger charge is 2.27. The zero-order chi connectivity index (χ0) is 26.1. The summed E-state index contributed by atoms with van der Waals surface area (Å²) in [6.45, 7) is 9.81. The van der Waals surface area contributed by atoms with Crippen molar-refractivity contribution in [3.8, 4) is 0 Å². The standard InChI is InChI=1S/C23H40BrN5O5/c1-5-18(30)17(10-9-13-27-23(25)34)28-22(33)20(15(2)3)29-19(31)11-7-6-8-12-26-21(32)16(4)14-24/h15,17,20H,4-14H2,1-3H3,(H,26,32)(H,28,33)(H,29,31)(H3,25,27,34)/t17-,20-/m0/s1. The number of carbonyl (C=O) groups is 5. The molecule has 0 spiro atoms. The van der Waals surface area contributed by atoms with E-state index in [2.05, 4.69) is 43.8 Å². The molecule has 0 unspecified atom stereocenters. The minimum absolute atomic E-state index is 0.118. The number of halogens is 1. The zero-order valence-electron chi connectivity index (χ0n) is 20.5. The fraction of sp³-hybridized carbons (Fsp3) is 0.696. The summed E-state index contributed by atoms with van der Waals surface area (Å²) >= 11 is 3.18. The van der Waals surface area contributed by atoms with Gasteiger partial charge in [-0.3, -0.25) is 19.2 Å². The van der Waals surface area contributed by atoms with Gasteiger partial charge in [-0.15, -0.1) is 0 Å². The van der Waals surface area contributed by atoms with Crippen molar-refractivity contribution in [1.82, 2.24) is 21.3 Å². The van der Waals surface area contributed by atoms with E-state index in [4.69, 9.17) is 5.73 Å². The van der Waals surface area contributed by atoms with Crippen LogP contribution in [0, 0.1) is 5.92 Å². The number of hydrogen-bond acceptors (Lipinski definition) is 5. The van der Waals surface area contributed by atoms with E-state index in [1.165, 1.54) is 0 Å². The van der Waals surface area contributed by atoms with E-state index in [1.807, 2.05) is 13.8 Å². The van der Waals surface area contributed by atoms with Crippen LogP contribution >= 0.6 is 15.9 Å². The van der Waals surface area contributed by atoms with Gasteiger partial charge in [0.2, 0.25) is 17.7 Å². The molecule has 2 atom stereocenters. The van der Waals surface area contributed by atoms with Crippen LogP contribution in [0.4, 0.5) is 4.79 Å². The van der Waals surface area contributed by atoms with Crippen LogP contribution in [0.1, 0.15) is 65.7 Å². The van der Waals surface area contributed by atoms with E-state index < -0.39 is 24.0 Å². The lowest BCUT2D eigenvalue weighted by atomic mass is 10.00. The number of alkyl halides is 1. The molecule has 0 aromatic carbocycles. The van der Waals surface area contributed by atoms with Crippen LogP contribution in [0.15, 0.2) is 12.2 Å². The van der Waals surface area contributed by atoms with Crippen LogP contribution in [0.3, 0.4) is 0 Å². The molecule has 0 aromatic rings. The lowest BCUT2D eigenvalue weighted by Gasteiger charge is -2.25. The molecule has 0 rings (SSSR count). The summed E-state index contributed by atoms with van der Waals surface area (Å²) in [5.74, 6) is -1.13. The summed E-state index contributed by atoms with van der Waals surface area (Å²) in [6, 6.07) is -2.10. The number of carbonyl (C=O) groups excluding carboxylic acids is 5. The third-order valence-electron chi connectivity index (χ3n) is 5.14. The molecular weight excluding hydrogens is 506 g/mol. The lowest BCUT2D eigenvalue weighted by Crippen LogP contribution is -2.53. The van der Waals surface area contributed by atoms with Gasteiger partial charge in [-0.2, -0.15) is 0 Å². The molecule has 0 bridgehead atoms. The molecule has 194 valence electrons. The van der Waals surface area contributed by atoms with E-state index in [0.717, 1.165) is 12.8 Å². The Morgan fingerprint density at radius 3 is 2.15 bits per heavy atom. The van der Waals surface area contributed by atoms with E-state index in [0.29, 0.717) is 43.3 Å². The number of unbranched alkanes of at least 4 members (excludes halogenated alkanes) is 2. The maximum Gasteiger partial charge on any atom is 0.312 e. The predicted octanol–water partition coefficient (Wildman–Crippen LogP) is 1.67. The van der Waals surface area contributed by atoms with Crippen molar-refractivity contribution in [1.29, 1.82) is 0 Å². The molecule has 6 N–H and O–H groups in total. The molecule has 0 heterocycles. The van der Waals surface area contributed by atoms with Crippen molar-refractivity contribution >= 4 is 45.5 Å². The smallest absolute Gasteiger partial charge is 0.312 e. The first-order chi connectivity index (χ1) is 16.0. The fourth-order valence-corrected chi connectivity index (χ4v) is 3.35. The Bertz CT molecular complexity index is 714. The Labute approximate surface area is 210 Å². The van der Waals surface area contributed by atoms with Gasteiger partial charge in [0.15, 0.2) is 5.78 Å². The second-order valence-electron chi connectivity index (χ2n) is 8.41. The molecule has 0 aliphatic heterocycles. The molecule has 34 heavy (non-hydrogen) atoms. The van der Waals surface area contributed by atoms with Gasteiger partial charge in [-0.25, -0.2) is 4.79 Å². The summed E-state index contributed by atoms with van der Waals surface area (Å²) in [7, 11) is 0. The van der Waals surface area contributed by atoms with Gasteiger partial charge < -0.3 is 27.0 Å². The fourth-order valence-electron chi connectivity index (χ4n) is 3.09. The summed E-state index contributed by atoms with van der Waals surface area (Å²) < 4.78 is 0. The van der Waals surface area contributed by atoms with E-state index in [-0.39, 0.29) is 36.4 Å². The van der Waals surface area contributed by atoms with Crippen LogP contribution in [0.2, 0.25) is 0 Å². The summed E-state index contributed by atoms with van der Waals surface area (Å²) in [5, 5.41) is 11.2. The number of rotatable bonds is 18. The van der Waals surface area contributed by atoms with Crippen LogP contribution in [0.5, 0.6) is 0 Å². The average Bonchev–Trinajstić information content (AvgIpc) is 2.79. The molecule has 10 nitrogen and oxygen atoms in total. The van der Waals surface area contributed by atoms with Crippen molar-refractivity contribution in [3.63, 3.8) is 0 Å². The molecule has 0 saturated heterocycles. The first kappa shape index (κ1) is 31.6. The molecule has 0 aliphatic carbocycles. The third-order valence-corrected chi connectivity index (χ3v) is 5.81. The van der Waals surface area contributed by atoms with E-state index >= 15 is 0 Å². The second-order valence-corrected chi connectivity index (χ2v) is 8.97. The highest BCUT2D eigenvalue weighted by atomic mass is 79.9. The van der Waals surface area contributed by atoms with Gasteiger partial charge in [-0.1, -0.05) is 49.7 Å². The molecule has 0 radical (unpaired) electrons. The Morgan fingerprint density at radius 2 is 1.59 bits per heavy atom. The lowest BCUT2D eigenvalue weighted by molar-refractivity contribution is -0.132. The number of hydrogen-bond donors (Lipinski definition) is 5. The summed E-state index contributed by atoms with van der Waals surface area (Å²) in [6.07, 6.45) is 3.46. The number of nitrogens with one attached hydrogen (secondary N) is 4. The maximum absolute atomic E-state index is 12.8.